The Morgan fingerprint density at radius 3 is 2.39 bits per heavy atom. The van der Waals surface area contributed by atoms with E-state index in [2.05, 4.69) is 5.32 Å². The van der Waals surface area contributed by atoms with Gasteiger partial charge in [0.2, 0.25) is 0 Å². The molecule has 1 rings (SSSR count). The predicted molar refractivity (Wildman–Crippen MR) is 66.1 cm³/mol. The van der Waals surface area contributed by atoms with Crippen LogP contribution < -0.4 is 10.1 Å². The van der Waals surface area contributed by atoms with E-state index in [1.54, 1.807) is 19.2 Å². The Morgan fingerprint density at radius 2 is 1.94 bits per heavy atom. The largest absolute Gasteiger partial charge is 0.497 e. The van der Waals surface area contributed by atoms with Crippen molar-refractivity contribution >= 4 is 0 Å². The molecule has 0 saturated heterocycles. The van der Waals surface area contributed by atoms with E-state index in [1.807, 2.05) is 19.1 Å². The Bertz CT molecular complexity index is 355. The highest BCUT2D eigenvalue weighted by atomic mass is 19.3. The molecule has 1 aromatic carbocycles. The van der Waals surface area contributed by atoms with Crippen molar-refractivity contribution in [1.82, 2.24) is 5.32 Å². The molecular formula is C13H19F2NO2. The van der Waals surface area contributed by atoms with Gasteiger partial charge in [-0.25, -0.2) is 8.78 Å². The zero-order valence-corrected chi connectivity index (χ0v) is 10.6. The number of hydrogen-bond donors (Lipinski definition) is 2. The van der Waals surface area contributed by atoms with Crippen LogP contribution in [0, 0.1) is 0 Å². The second-order valence-electron chi connectivity index (χ2n) is 4.13. The van der Waals surface area contributed by atoms with E-state index in [-0.39, 0.29) is 6.04 Å². The number of methoxy groups -OCH3 is 1. The fourth-order valence-corrected chi connectivity index (χ4v) is 1.66. The lowest BCUT2D eigenvalue weighted by Gasteiger charge is -2.21. The van der Waals surface area contributed by atoms with Crippen LogP contribution in [0.15, 0.2) is 24.3 Å². The van der Waals surface area contributed by atoms with Crippen molar-refractivity contribution in [2.75, 3.05) is 20.3 Å². The van der Waals surface area contributed by atoms with Gasteiger partial charge in [0.15, 0.2) is 0 Å². The number of nitrogens with one attached hydrogen (secondary N) is 1. The number of alkyl halides is 2. The molecule has 0 radical (unpaired) electrons. The van der Waals surface area contributed by atoms with Gasteiger partial charge in [-0.3, -0.25) is 0 Å². The minimum atomic E-state index is -3.08. The summed E-state index contributed by atoms with van der Waals surface area (Å²) in [7, 11) is 1.58. The van der Waals surface area contributed by atoms with Gasteiger partial charge in [0, 0.05) is 6.04 Å². The van der Waals surface area contributed by atoms with Gasteiger partial charge >= 0.3 is 0 Å². The van der Waals surface area contributed by atoms with Crippen molar-refractivity contribution in [2.45, 2.75) is 25.3 Å². The summed E-state index contributed by atoms with van der Waals surface area (Å²) in [5.41, 5.74) is 0.923. The number of rotatable bonds is 7. The molecule has 0 aliphatic carbocycles. The van der Waals surface area contributed by atoms with Gasteiger partial charge in [-0.05, 0) is 24.1 Å². The van der Waals surface area contributed by atoms with Crippen molar-refractivity contribution in [1.29, 1.82) is 0 Å². The molecule has 0 aromatic heterocycles. The Kier molecular flexibility index (Phi) is 5.50. The van der Waals surface area contributed by atoms with Crippen molar-refractivity contribution in [3.8, 4) is 5.75 Å². The third kappa shape index (κ3) is 4.23. The van der Waals surface area contributed by atoms with Crippen LogP contribution in [-0.4, -0.2) is 31.3 Å². The zero-order chi connectivity index (χ0) is 13.6. The maximum absolute atomic E-state index is 13.0. The van der Waals surface area contributed by atoms with Crippen LogP contribution in [0.2, 0.25) is 0 Å². The molecule has 0 fully saturated rings. The maximum atomic E-state index is 13.0. The Morgan fingerprint density at radius 1 is 1.33 bits per heavy atom. The molecule has 0 amide bonds. The van der Waals surface area contributed by atoms with Gasteiger partial charge in [-0.15, -0.1) is 0 Å². The van der Waals surface area contributed by atoms with Crippen molar-refractivity contribution in [2.24, 2.45) is 0 Å². The molecule has 0 bridgehead atoms. The first-order valence-corrected chi connectivity index (χ1v) is 5.88. The highest BCUT2D eigenvalue weighted by molar-refractivity contribution is 5.29. The fraction of sp³-hybridized carbons (Fsp3) is 0.538. The van der Waals surface area contributed by atoms with E-state index in [4.69, 9.17) is 9.84 Å². The predicted octanol–water partition coefficient (Wildman–Crippen LogP) is 2.36. The monoisotopic (exact) mass is 259 g/mol. The summed E-state index contributed by atoms with van der Waals surface area (Å²) < 4.78 is 30.9. The second-order valence-corrected chi connectivity index (χ2v) is 4.13. The lowest BCUT2D eigenvalue weighted by molar-refractivity contribution is -0.0494. The smallest absolute Gasteiger partial charge is 0.282 e. The molecule has 0 heterocycles. The average Bonchev–Trinajstić information content (AvgIpc) is 2.40. The van der Waals surface area contributed by atoms with E-state index >= 15 is 0 Å². The van der Waals surface area contributed by atoms with Gasteiger partial charge in [0.1, 0.15) is 12.4 Å². The van der Waals surface area contributed by atoms with Gasteiger partial charge in [-0.1, -0.05) is 19.1 Å². The van der Waals surface area contributed by atoms with Crippen molar-refractivity contribution in [3.05, 3.63) is 29.8 Å². The first-order valence-electron chi connectivity index (χ1n) is 5.88. The number of ether oxygens (including phenoxy) is 1. The van der Waals surface area contributed by atoms with Crippen molar-refractivity contribution in [3.63, 3.8) is 0 Å². The van der Waals surface area contributed by atoms with Crippen LogP contribution >= 0.6 is 0 Å². The second kappa shape index (κ2) is 6.66. The van der Waals surface area contributed by atoms with E-state index in [0.717, 1.165) is 11.3 Å². The highest BCUT2D eigenvalue weighted by Crippen LogP contribution is 2.21. The van der Waals surface area contributed by atoms with Crippen LogP contribution in [0.4, 0.5) is 8.78 Å². The minimum Gasteiger partial charge on any atom is -0.497 e. The average molecular weight is 259 g/mol. The molecule has 1 unspecified atom stereocenters. The molecule has 0 spiro atoms. The molecule has 18 heavy (non-hydrogen) atoms. The zero-order valence-electron chi connectivity index (χ0n) is 10.6. The van der Waals surface area contributed by atoms with E-state index in [0.29, 0.717) is 6.42 Å². The molecule has 0 aliphatic heterocycles. The number of aliphatic hydroxyl groups excluding tert-OH is 1. The highest BCUT2D eigenvalue weighted by Gasteiger charge is 2.28. The molecule has 2 N–H and O–H groups in total. The summed E-state index contributed by atoms with van der Waals surface area (Å²) in [5.74, 6) is -2.35. The third-order valence-corrected chi connectivity index (χ3v) is 2.76. The molecule has 5 heteroatoms. The van der Waals surface area contributed by atoms with Crippen LogP contribution in [-0.2, 0) is 0 Å². The van der Waals surface area contributed by atoms with Crippen LogP contribution in [0.25, 0.3) is 0 Å². The minimum absolute atomic E-state index is 0.159. The van der Waals surface area contributed by atoms with Crippen molar-refractivity contribution < 1.29 is 18.6 Å². The number of aliphatic hydroxyl groups is 1. The summed E-state index contributed by atoms with van der Waals surface area (Å²) in [5, 5.41) is 11.3. The molecule has 3 nitrogen and oxygen atoms in total. The van der Waals surface area contributed by atoms with Gasteiger partial charge in [0.05, 0.1) is 13.7 Å². The fourth-order valence-electron chi connectivity index (χ4n) is 1.66. The Labute approximate surface area is 106 Å². The van der Waals surface area contributed by atoms with E-state index in [9.17, 15) is 8.78 Å². The number of benzene rings is 1. The van der Waals surface area contributed by atoms with Crippen LogP contribution in [0.1, 0.15) is 24.9 Å². The standard InChI is InChI=1S/C13H19F2NO2/c1-3-12(16-8-13(14,15)9-17)10-4-6-11(18-2)7-5-10/h4-7,12,16-17H,3,8-9H2,1-2H3. The number of hydrogen-bond acceptors (Lipinski definition) is 3. The molecule has 1 aromatic rings. The molecule has 0 saturated carbocycles. The quantitative estimate of drug-likeness (QED) is 0.790. The summed E-state index contributed by atoms with van der Waals surface area (Å²) in [6, 6.07) is 7.12. The lowest BCUT2D eigenvalue weighted by atomic mass is 10.0. The van der Waals surface area contributed by atoms with E-state index < -0.39 is 19.1 Å². The van der Waals surface area contributed by atoms with Gasteiger partial charge in [-0.2, -0.15) is 0 Å². The van der Waals surface area contributed by atoms with E-state index in [1.165, 1.54) is 0 Å². The summed E-state index contributed by atoms with van der Waals surface area (Å²) in [4.78, 5) is 0. The number of halogens is 2. The molecule has 0 aliphatic rings. The Balaban J connectivity index is 2.65. The van der Waals surface area contributed by atoms with Crippen LogP contribution in [0.5, 0.6) is 5.75 Å². The first kappa shape index (κ1) is 14.9. The molecule has 102 valence electrons. The van der Waals surface area contributed by atoms with Gasteiger partial charge in [0.25, 0.3) is 5.92 Å². The Hall–Kier alpha value is -1.20. The van der Waals surface area contributed by atoms with Crippen LogP contribution in [0.3, 0.4) is 0 Å². The SMILES string of the molecule is CCC(NCC(F)(F)CO)c1ccc(OC)cc1. The summed E-state index contributed by atoms with van der Waals surface area (Å²) >= 11 is 0. The lowest BCUT2D eigenvalue weighted by Crippen LogP contribution is -2.37. The van der Waals surface area contributed by atoms with Gasteiger partial charge < -0.3 is 15.2 Å². The molecular weight excluding hydrogens is 240 g/mol. The summed E-state index contributed by atoms with van der Waals surface area (Å²) in [6.45, 7) is 0.242. The summed E-state index contributed by atoms with van der Waals surface area (Å²) in [6.07, 6.45) is 0.688. The topological polar surface area (TPSA) is 41.5 Å². The molecule has 1 atom stereocenters. The maximum Gasteiger partial charge on any atom is 0.282 e. The normalized spacial score (nSPS) is 13.4. The third-order valence-electron chi connectivity index (χ3n) is 2.76. The first-order chi connectivity index (χ1) is 8.52.